The van der Waals surface area contributed by atoms with Crippen molar-refractivity contribution in [1.29, 1.82) is 0 Å². The maximum atomic E-state index is 11.2. The molecule has 3 aromatic carbocycles. The average Bonchev–Trinajstić information content (AvgIpc) is 2.94. The molecule has 0 radical (unpaired) electrons. The Morgan fingerprint density at radius 2 is 1.13 bits per heavy atom. The van der Waals surface area contributed by atoms with Crippen LogP contribution in [0.3, 0.4) is 0 Å². The summed E-state index contributed by atoms with van der Waals surface area (Å²) in [6.45, 7) is 8.25. The molecule has 0 spiro atoms. The summed E-state index contributed by atoms with van der Waals surface area (Å²) in [4.78, 5) is 9.97. The van der Waals surface area contributed by atoms with Crippen molar-refractivity contribution in [3.05, 3.63) is 83.9 Å². The van der Waals surface area contributed by atoms with Crippen LogP contribution in [0.15, 0.2) is 82.8 Å². The number of aliphatic imine (C=N–C) groups is 2. The minimum absolute atomic E-state index is 0. The van der Waals surface area contributed by atoms with Crippen LogP contribution in [0.4, 0.5) is 11.4 Å². The Morgan fingerprint density at radius 1 is 0.615 bits per heavy atom. The zero-order chi connectivity index (χ0) is 27.6. The van der Waals surface area contributed by atoms with E-state index in [0.29, 0.717) is 5.56 Å². The SMILES string of the molecule is CCCCCCC(=Nc1ccccc1)C(CCCC)=Nc1ccccc1.CCCc1ccc([O-])c([O-])c1C.[Ni+2]. The molecule has 5 heteroatoms. The molecule has 0 atom stereocenters. The molecule has 0 unspecified atom stereocenters. The van der Waals surface area contributed by atoms with Crippen LogP contribution < -0.4 is 10.2 Å². The fraction of sp³-hybridized carbons (Fsp3) is 0.412. The summed E-state index contributed by atoms with van der Waals surface area (Å²) < 4.78 is 0. The summed E-state index contributed by atoms with van der Waals surface area (Å²) in [5, 5.41) is 22.0. The van der Waals surface area contributed by atoms with Crippen molar-refractivity contribution in [2.75, 3.05) is 0 Å². The molecule has 0 saturated carbocycles. The van der Waals surface area contributed by atoms with Gasteiger partial charge in [0.25, 0.3) is 0 Å². The van der Waals surface area contributed by atoms with Gasteiger partial charge in [0, 0.05) is 0 Å². The van der Waals surface area contributed by atoms with Crippen LogP contribution in [0.2, 0.25) is 0 Å². The number of hydrogen-bond acceptors (Lipinski definition) is 4. The van der Waals surface area contributed by atoms with E-state index >= 15 is 0 Å². The molecule has 0 amide bonds. The second-order valence-corrected chi connectivity index (χ2v) is 9.63. The fourth-order valence-corrected chi connectivity index (χ4v) is 4.16. The van der Waals surface area contributed by atoms with E-state index in [-0.39, 0.29) is 22.2 Å². The molecule has 212 valence electrons. The van der Waals surface area contributed by atoms with Crippen molar-refractivity contribution in [1.82, 2.24) is 0 Å². The molecule has 0 N–H and O–H groups in total. The van der Waals surface area contributed by atoms with Crippen molar-refractivity contribution in [3.8, 4) is 11.5 Å². The minimum atomic E-state index is -0.396. The Balaban J connectivity index is 0.000000492. The Kier molecular flexibility index (Phi) is 17.6. The molecule has 0 aliphatic rings. The van der Waals surface area contributed by atoms with Crippen molar-refractivity contribution in [2.45, 2.75) is 91.9 Å². The number of para-hydroxylation sites is 2. The van der Waals surface area contributed by atoms with Crippen LogP contribution in [-0.4, -0.2) is 11.4 Å². The van der Waals surface area contributed by atoms with Crippen LogP contribution in [-0.2, 0) is 22.9 Å². The van der Waals surface area contributed by atoms with Crippen LogP contribution in [0.1, 0.15) is 89.7 Å². The van der Waals surface area contributed by atoms with Gasteiger partial charge in [0.05, 0.1) is 22.8 Å². The van der Waals surface area contributed by atoms with Gasteiger partial charge in [0.1, 0.15) is 0 Å². The van der Waals surface area contributed by atoms with E-state index in [1.165, 1.54) is 38.2 Å². The molecule has 0 heterocycles. The van der Waals surface area contributed by atoms with Crippen molar-refractivity contribution >= 4 is 22.8 Å². The maximum absolute atomic E-state index is 11.2. The summed E-state index contributed by atoms with van der Waals surface area (Å²) in [6.07, 6.45) is 11.2. The van der Waals surface area contributed by atoms with Gasteiger partial charge in [-0.3, -0.25) is 9.98 Å². The van der Waals surface area contributed by atoms with E-state index in [0.717, 1.165) is 60.5 Å². The summed E-state index contributed by atoms with van der Waals surface area (Å²) in [5.74, 6) is -0.742. The van der Waals surface area contributed by atoms with Gasteiger partial charge in [-0.2, -0.15) is 0 Å². The van der Waals surface area contributed by atoms with Crippen molar-refractivity contribution in [2.24, 2.45) is 9.98 Å². The zero-order valence-corrected chi connectivity index (χ0v) is 25.0. The van der Waals surface area contributed by atoms with Gasteiger partial charge in [-0.25, -0.2) is 0 Å². The van der Waals surface area contributed by atoms with Gasteiger partial charge >= 0.3 is 16.5 Å². The second kappa shape index (κ2) is 20.1. The standard InChI is InChI=1S/C24H32N2.C10H14O2.Ni/c1-3-5-7-14-20-24(26-22-17-12-9-13-18-22)23(19-6-4-2)25-21-15-10-8-11-16-21;1-3-4-8-5-6-9(11)10(12)7(8)2;/h8-13,15-18H,3-7,14,19-20H2,1-2H3;5-6,11-12H,3-4H2,1-2H3;/q;;+2/p-2. The molecule has 0 bridgehead atoms. The summed E-state index contributed by atoms with van der Waals surface area (Å²) >= 11 is 0. The number of aryl methyl sites for hydroxylation is 1. The van der Waals surface area contributed by atoms with Crippen molar-refractivity contribution < 1.29 is 26.7 Å². The molecule has 3 rings (SSSR count). The van der Waals surface area contributed by atoms with Gasteiger partial charge in [-0.05, 0) is 68.9 Å². The molecule has 0 aliphatic carbocycles. The Morgan fingerprint density at radius 3 is 1.62 bits per heavy atom. The third-order valence-corrected chi connectivity index (χ3v) is 6.41. The quantitative estimate of drug-likeness (QED) is 0.117. The van der Waals surface area contributed by atoms with E-state index in [9.17, 15) is 10.2 Å². The average molecular weight is 571 g/mol. The number of rotatable bonds is 13. The van der Waals surface area contributed by atoms with Gasteiger partial charge in [-0.1, -0.05) is 107 Å². The Hall–Kier alpha value is -2.91. The molecule has 0 aliphatic heterocycles. The second-order valence-electron chi connectivity index (χ2n) is 9.63. The third kappa shape index (κ3) is 12.7. The molecule has 0 saturated heterocycles. The maximum Gasteiger partial charge on any atom is 2.00 e. The molecular weight excluding hydrogens is 527 g/mol. The van der Waals surface area contributed by atoms with E-state index < -0.39 is 5.75 Å². The van der Waals surface area contributed by atoms with Crippen LogP contribution >= 0.6 is 0 Å². The molecule has 0 aromatic heterocycles. The van der Waals surface area contributed by atoms with Gasteiger partial charge in [0.2, 0.25) is 0 Å². The van der Waals surface area contributed by atoms with E-state index in [2.05, 4.69) is 45.0 Å². The largest absolute Gasteiger partial charge is 2.00 e. The normalized spacial score (nSPS) is 11.4. The Bertz CT molecular complexity index is 1130. The molecular formula is C34H44N2NiO2. The van der Waals surface area contributed by atoms with Gasteiger partial charge in [0.15, 0.2) is 0 Å². The molecule has 0 fully saturated rings. The van der Waals surface area contributed by atoms with Crippen molar-refractivity contribution in [3.63, 3.8) is 0 Å². The topological polar surface area (TPSA) is 70.8 Å². The van der Waals surface area contributed by atoms with E-state index in [4.69, 9.17) is 9.98 Å². The first-order valence-corrected chi connectivity index (χ1v) is 14.2. The van der Waals surface area contributed by atoms with E-state index in [1.807, 2.05) is 36.4 Å². The number of nitrogens with zero attached hydrogens (tertiary/aromatic N) is 2. The summed E-state index contributed by atoms with van der Waals surface area (Å²) in [6, 6.07) is 23.7. The smallest absolute Gasteiger partial charge is 0.873 e. The molecule has 4 nitrogen and oxygen atoms in total. The fourth-order valence-electron chi connectivity index (χ4n) is 4.16. The number of hydrogen-bond donors (Lipinski definition) is 0. The summed E-state index contributed by atoms with van der Waals surface area (Å²) in [5.41, 5.74) is 5.97. The van der Waals surface area contributed by atoms with Gasteiger partial charge < -0.3 is 10.2 Å². The number of benzene rings is 3. The van der Waals surface area contributed by atoms with E-state index in [1.54, 1.807) is 13.0 Å². The monoisotopic (exact) mass is 570 g/mol. The number of unbranched alkanes of at least 4 members (excludes halogenated alkanes) is 4. The summed E-state index contributed by atoms with van der Waals surface area (Å²) in [7, 11) is 0. The van der Waals surface area contributed by atoms with Crippen LogP contribution in [0.25, 0.3) is 0 Å². The zero-order valence-electron chi connectivity index (χ0n) is 24.0. The van der Waals surface area contributed by atoms with Gasteiger partial charge in [-0.15, -0.1) is 11.5 Å². The Labute approximate surface area is 246 Å². The predicted molar refractivity (Wildman–Crippen MR) is 159 cm³/mol. The first-order valence-electron chi connectivity index (χ1n) is 14.2. The van der Waals surface area contributed by atoms with Crippen LogP contribution in [0.5, 0.6) is 11.5 Å². The first-order chi connectivity index (χ1) is 18.5. The predicted octanol–water partition coefficient (Wildman–Crippen LogP) is 8.78. The first kappa shape index (κ1) is 34.1. The minimum Gasteiger partial charge on any atom is -0.873 e. The molecule has 39 heavy (non-hydrogen) atoms. The third-order valence-electron chi connectivity index (χ3n) is 6.41. The van der Waals surface area contributed by atoms with Crippen LogP contribution in [0, 0.1) is 6.92 Å². The molecule has 3 aromatic rings.